The molecule has 4 aromatic carbocycles. The van der Waals surface area contributed by atoms with Crippen molar-refractivity contribution in [1.29, 1.82) is 0 Å². The third-order valence-corrected chi connectivity index (χ3v) is 25.9. The predicted octanol–water partition coefficient (Wildman–Crippen LogP) is 8.00. The van der Waals surface area contributed by atoms with Gasteiger partial charge in [0, 0.05) is 18.8 Å². The molecule has 5 aromatic rings. The Morgan fingerprint density at radius 2 is 1.46 bits per heavy atom. The predicted molar refractivity (Wildman–Crippen MR) is 229 cm³/mol. The maximum absolute atomic E-state index is 13.9. The average molecular weight is 816 g/mol. The summed E-state index contributed by atoms with van der Waals surface area (Å²) >= 11 is 0. The molecule has 1 aromatic heterocycles. The first-order valence-corrected chi connectivity index (χ1v) is 27.2. The van der Waals surface area contributed by atoms with E-state index in [2.05, 4.69) is 133 Å². The molecule has 2 aliphatic rings. The summed E-state index contributed by atoms with van der Waals surface area (Å²) in [6.07, 6.45) is -2.85. The maximum atomic E-state index is 13.9. The second kappa shape index (κ2) is 15.3. The minimum absolute atomic E-state index is 0.0190. The van der Waals surface area contributed by atoms with E-state index in [1.54, 1.807) is 0 Å². The van der Waals surface area contributed by atoms with Gasteiger partial charge in [-0.2, -0.15) is 0 Å². The molecule has 4 atom stereocenters. The van der Waals surface area contributed by atoms with Crippen LogP contribution < -0.4 is 21.8 Å². The number of amides is 1. The Bertz CT molecular complexity index is 2310. The zero-order valence-corrected chi connectivity index (χ0v) is 37.3. The summed E-state index contributed by atoms with van der Waals surface area (Å²) in [5.41, 5.74) is -0.925. The molecule has 0 bridgehead atoms. The molecule has 2 fully saturated rings. The lowest BCUT2D eigenvalue weighted by Gasteiger charge is -2.51. The number of H-pyrrole nitrogens is 1. The van der Waals surface area contributed by atoms with Crippen molar-refractivity contribution in [2.45, 2.75) is 121 Å². The van der Waals surface area contributed by atoms with Crippen molar-refractivity contribution in [1.82, 2.24) is 14.9 Å². The lowest BCUT2D eigenvalue weighted by molar-refractivity contribution is -0.0609. The van der Waals surface area contributed by atoms with Crippen LogP contribution in [0.3, 0.4) is 0 Å². The number of nitrogens with one attached hydrogen (secondary N) is 2. The molecular weight excluding hydrogens is 759 g/mol. The Labute approximate surface area is 331 Å². The van der Waals surface area contributed by atoms with Gasteiger partial charge in [0.2, 0.25) is 0 Å². The Balaban J connectivity index is 1.17. The van der Waals surface area contributed by atoms with Gasteiger partial charge in [0.15, 0.2) is 12.3 Å². The Kier molecular flexibility index (Phi) is 11.1. The molecule has 11 nitrogen and oxygen atoms in total. The molecule has 0 unspecified atom stereocenters. The number of nitrogens with zero attached hydrogens (tertiary/aromatic N) is 1. The van der Waals surface area contributed by atoms with E-state index < -0.39 is 67.1 Å². The summed E-state index contributed by atoms with van der Waals surface area (Å²) in [7, 11) is -8.13. The number of fused-ring (bicyclic) bond motifs is 1. The van der Waals surface area contributed by atoms with Crippen LogP contribution in [0.5, 0.6) is 0 Å². The molecule has 1 amide bonds. The number of carbonyl (C=O) groups excluding carboxylic acids is 1. The van der Waals surface area contributed by atoms with Gasteiger partial charge in [-0.25, -0.2) is 9.59 Å². The van der Waals surface area contributed by atoms with Crippen LogP contribution in [0.4, 0.5) is 4.79 Å². The van der Waals surface area contributed by atoms with Gasteiger partial charge < -0.3 is 27.8 Å². The third kappa shape index (κ3) is 7.00. The first-order chi connectivity index (χ1) is 26.5. The van der Waals surface area contributed by atoms with Gasteiger partial charge in [-0.05, 0) is 60.5 Å². The van der Waals surface area contributed by atoms with E-state index in [0.29, 0.717) is 6.54 Å². The molecule has 14 heteroatoms. The number of aromatic nitrogens is 2. The molecule has 0 radical (unpaired) electrons. The highest BCUT2D eigenvalue weighted by Gasteiger charge is 2.62. The summed E-state index contributed by atoms with van der Waals surface area (Å²) in [4.78, 5) is 41.6. The number of rotatable bonds is 10. The molecule has 56 heavy (non-hydrogen) atoms. The lowest BCUT2D eigenvalue weighted by atomic mass is 9.94. The fourth-order valence-electron chi connectivity index (χ4n) is 9.20. The molecule has 0 aliphatic carbocycles. The van der Waals surface area contributed by atoms with Crippen molar-refractivity contribution < 1.29 is 27.2 Å². The van der Waals surface area contributed by atoms with Crippen molar-refractivity contribution in [2.75, 3.05) is 13.2 Å². The van der Waals surface area contributed by atoms with Crippen LogP contribution in [0.25, 0.3) is 32.3 Å². The van der Waals surface area contributed by atoms with E-state index in [9.17, 15) is 14.4 Å². The maximum Gasteiger partial charge on any atom is 0.407 e. The highest BCUT2D eigenvalue weighted by molar-refractivity contribution is 6.91. The molecule has 300 valence electrons. The SMILES string of the molecule is CC(C)[Si]1(C(C)C)OC[C@H]2O[C@@H](n3ccc(=O)[nH]c3=O)[C@H](OC(=O)NCC[Si](C)(C)c3ccc4ccc5cccc6ccc3c4c56)[C@@H]2O[Si](C(C)C)(C(C)C)O1. The van der Waals surface area contributed by atoms with Crippen molar-refractivity contribution in [3.63, 3.8) is 0 Å². The Morgan fingerprint density at radius 3 is 2.09 bits per heavy atom. The highest BCUT2D eigenvalue weighted by Crippen LogP contribution is 2.49. The van der Waals surface area contributed by atoms with E-state index in [0.717, 1.165) is 6.04 Å². The van der Waals surface area contributed by atoms with Crippen molar-refractivity contribution in [3.05, 3.63) is 87.7 Å². The van der Waals surface area contributed by atoms with Gasteiger partial charge >= 0.3 is 28.9 Å². The van der Waals surface area contributed by atoms with Crippen molar-refractivity contribution in [2.24, 2.45) is 0 Å². The second-order valence-corrected chi connectivity index (χ2v) is 31.2. The topological polar surface area (TPSA) is 130 Å². The summed E-state index contributed by atoms with van der Waals surface area (Å²) in [6.45, 7) is 22.3. The standard InChI is InChI=1S/C42H57N3O8Si3/c1-25(2)55(26(3)4)49-24-33-38(52-56(53-55,27(5)6)28(7)8)39(40(50-33)45-22-20-35(46)44-41(45)47)51-42(48)43-21-23-54(9,10)34-19-17-31-15-14-29-12-11-13-30-16-18-32(34)37(31)36(29)30/h11-20,22,25-28,33,38-40H,21,23-24H2,1-10H3,(H,43,48)(H,44,46,47)/t33-,38-,39-,40-/m1/s1. The van der Waals surface area contributed by atoms with Gasteiger partial charge in [0.25, 0.3) is 5.56 Å². The molecule has 0 saturated carbocycles. The number of alkyl carbamates (subject to hydrolysis) is 1. The quantitative estimate of drug-likeness (QED) is 0.107. The second-order valence-electron chi connectivity index (χ2n) is 17.5. The van der Waals surface area contributed by atoms with Crippen LogP contribution in [-0.4, -0.2) is 72.3 Å². The first-order valence-electron chi connectivity index (χ1n) is 20.1. The average Bonchev–Trinajstić information content (AvgIpc) is 3.44. The van der Waals surface area contributed by atoms with E-state index in [1.165, 1.54) is 54.3 Å². The van der Waals surface area contributed by atoms with E-state index in [1.807, 2.05) is 0 Å². The molecule has 2 saturated heterocycles. The minimum Gasteiger partial charge on any atom is -0.439 e. The molecule has 2 N–H and O–H groups in total. The van der Waals surface area contributed by atoms with Gasteiger partial charge in [-0.1, -0.05) is 128 Å². The molecule has 0 spiro atoms. The van der Waals surface area contributed by atoms with Crippen LogP contribution in [0.15, 0.2) is 76.4 Å². The van der Waals surface area contributed by atoms with Crippen LogP contribution in [-0.2, 0) is 22.4 Å². The van der Waals surface area contributed by atoms with Crippen LogP contribution >= 0.6 is 0 Å². The molecular formula is C42H57N3O8Si3. The number of benzene rings is 4. The Morgan fingerprint density at radius 1 is 0.857 bits per heavy atom. The number of aromatic amines is 1. The largest absolute Gasteiger partial charge is 0.439 e. The fraction of sp³-hybridized carbons (Fsp3) is 0.500. The number of hydrogen-bond donors (Lipinski definition) is 2. The summed E-state index contributed by atoms with van der Waals surface area (Å²) in [5, 5.41) is 11.9. The van der Waals surface area contributed by atoms with Crippen LogP contribution in [0.2, 0.25) is 41.3 Å². The van der Waals surface area contributed by atoms with Gasteiger partial charge in [0.1, 0.15) is 12.2 Å². The number of ether oxygens (including phenoxy) is 2. The minimum atomic E-state index is -3.14. The first kappa shape index (κ1) is 40.6. The fourth-order valence-corrected chi connectivity index (χ4v) is 22.9. The zero-order valence-electron chi connectivity index (χ0n) is 34.3. The smallest absolute Gasteiger partial charge is 0.407 e. The summed E-state index contributed by atoms with van der Waals surface area (Å²) in [6, 6.07) is 21.8. The van der Waals surface area contributed by atoms with E-state index >= 15 is 0 Å². The zero-order chi connectivity index (χ0) is 40.3. The van der Waals surface area contributed by atoms with Gasteiger partial charge in [-0.3, -0.25) is 14.3 Å². The van der Waals surface area contributed by atoms with Gasteiger partial charge in [0.05, 0.1) is 14.7 Å². The molecule has 2 aliphatic heterocycles. The molecule has 3 heterocycles. The Hall–Kier alpha value is -3.64. The van der Waals surface area contributed by atoms with Gasteiger partial charge in [-0.15, -0.1) is 0 Å². The monoisotopic (exact) mass is 815 g/mol. The third-order valence-electron chi connectivity index (χ3n) is 12.3. The van der Waals surface area contributed by atoms with E-state index in [4.69, 9.17) is 22.4 Å². The normalized spacial score (nSPS) is 22.7. The lowest BCUT2D eigenvalue weighted by Crippen LogP contribution is -2.66. The van der Waals surface area contributed by atoms with Crippen molar-refractivity contribution in [3.8, 4) is 0 Å². The number of carbonyl (C=O) groups is 1. The van der Waals surface area contributed by atoms with Crippen LogP contribution in [0.1, 0.15) is 61.6 Å². The van der Waals surface area contributed by atoms with Crippen LogP contribution in [0, 0.1) is 0 Å². The van der Waals surface area contributed by atoms with E-state index in [-0.39, 0.29) is 28.8 Å². The molecule has 7 rings (SSSR count). The summed E-state index contributed by atoms with van der Waals surface area (Å²) < 4.78 is 35.7. The summed E-state index contributed by atoms with van der Waals surface area (Å²) in [5.74, 6) is 0. The highest BCUT2D eigenvalue weighted by atomic mass is 28.5. The van der Waals surface area contributed by atoms with Crippen molar-refractivity contribution >= 4 is 68.8 Å². The number of hydrogen-bond acceptors (Lipinski definition) is 8.